The van der Waals surface area contributed by atoms with Gasteiger partial charge in [0.25, 0.3) is 5.91 Å². The van der Waals surface area contributed by atoms with E-state index in [-0.39, 0.29) is 30.4 Å². The lowest BCUT2D eigenvalue weighted by molar-refractivity contribution is -0.133. The molecule has 0 aromatic heterocycles. The molecular formula is C19H24N2O3. The highest BCUT2D eigenvalue weighted by molar-refractivity contribution is 5.99. The van der Waals surface area contributed by atoms with E-state index < -0.39 is 0 Å². The van der Waals surface area contributed by atoms with Gasteiger partial charge in [0.15, 0.2) is 0 Å². The fourth-order valence-electron chi connectivity index (χ4n) is 3.22. The molecule has 1 atom stereocenters. The van der Waals surface area contributed by atoms with E-state index in [1.54, 1.807) is 4.90 Å². The van der Waals surface area contributed by atoms with Crippen molar-refractivity contribution in [1.82, 2.24) is 10.2 Å². The van der Waals surface area contributed by atoms with Crippen LogP contribution in [0.3, 0.4) is 0 Å². The van der Waals surface area contributed by atoms with Gasteiger partial charge in [-0.15, -0.1) is 0 Å². The topological polar surface area (TPSA) is 58.6 Å². The van der Waals surface area contributed by atoms with E-state index in [9.17, 15) is 9.59 Å². The molecule has 0 aliphatic carbocycles. The molecular weight excluding hydrogens is 304 g/mol. The Balaban J connectivity index is 1.69. The summed E-state index contributed by atoms with van der Waals surface area (Å²) >= 11 is 0. The maximum absolute atomic E-state index is 12.8. The number of hydrogen-bond donors (Lipinski definition) is 1. The molecule has 0 saturated carbocycles. The molecule has 0 spiro atoms. The molecule has 2 heterocycles. The van der Waals surface area contributed by atoms with Crippen molar-refractivity contribution in [2.24, 2.45) is 5.92 Å². The summed E-state index contributed by atoms with van der Waals surface area (Å²) in [6, 6.07) is 7.81. The lowest BCUT2D eigenvalue weighted by Gasteiger charge is -2.33. The number of ether oxygens (including phenoxy) is 1. The first-order valence-electron chi connectivity index (χ1n) is 8.56. The highest BCUT2D eigenvalue weighted by atomic mass is 16.5. The van der Waals surface area contributed by atoms with E-state index in [0.717, 1.165) is 24.2 Å². The first kappa shape index (κ1) is 16.6. The van der Waals surface area contributed by atoms with Crippen molar-refractivity contribution >= 4 is 17.9 Å². The Hall–Kier alpha value is -2.30. The molecule has 1 aromatic rings. The quantitative estimate of drug-likeness (QED) is 0.926. The standard InChI is InChI=1S/C19H24N2O3/c1-13(2)20-18(22)15-7-5-9-21(11-15)19(23)16-10-14-6-3-4-8-17(14)24-12-16/h3-4,6,8,10,13,15H,5,7,9,11-12H2,1-2H3,(H,20,22)/t15-/m0/s1. The first-order valence-corrected chi connectivity index (χ1v) is 8.56. The number of nitrogens with zero attached hydrogens (tertiary/aromatic N) is 1. The van der Waals surface area contributed by atoms with Crippen LogP contribution in [0.5, 0.6) is 5.75 Å². The molecule has 128 valence electrons. The number of para-hydroxylation sites is 1. The Labute approximate surface area is 142 Å². The highest BCUT2D eigenvalue weighted by Gasteiger charge is 2.30. The van der Waals surface area contributed by atoms with Gasteiger partial charge in [0.05, 0.1) is 11.5 Å². The molecule has 24 heavy (non-hydrogen) atoms. The van der Waals surface area contributed by atoms with Crippen LogP contribution in [0.1, 0.15) is 32.3 Å². The van der Waals surface area contributed by atoms with Gasteiger partial charge in [-0.05, 0) is 38.8 Å². The third-order valence-electron chi connectivity index (χ3n) is 4.42. The molecule has 0 bridgehead atoms. The van der Waals surface area contributed by atoms with Crippen LogP contribution in [-0.2, 0) is 9.59 Å². The van der Waals surface area contributed by atoms with Gasteiger partial charge in [0.1, 0.15) is 12.4 Å². The molecule has 3 rings (SSSR count). The monoisotopic (exact) mass is 328 g/mol. The number of hydrogen-bond acceptors (Lipinski definition) is 3. The third-order valence-corrected chi connectivity index (χ3v) is 4.42. The largest absolute Gasteiger partial charge is 0.488 e. The van der Waals surface area contributed by atoms with E-state index >= 15 is 0 Å². The third kappa shape index (κ3) is 3.61. The second-order valence-corrected chi connectivity index (χ2v) is 6.75. The average molecular weight is 328 g/mol. The number of benzene rings is 1. The smallest absolute Gasteiger partial charge is 0.253 e. The predicted octanol–water partition coefficient (Wildman–Crippen LogP) is 2.23. The van der Waals surface area contributed by atoms with Crippen molar-refractivity contribution in [2.45, 2.75) is 32.7 Å². The summed E-state index contributed by atoms with van der Waals surface area (Å²) in [6.45, 7) is 5.37. The Kier molecular flexibility index (Phi) is 4.88. The molecule has 0 unspecified atom stereocenters. The lowest BCUT2D eigenvalue weighted by Crippen LogP contribution is -2.47. The maximum Gasteiger partial charge on any atom is 0.253 e. The summed E-state index contributed by atoms with van der Waals surface area (Å²) < 4.78 is 5.68. The molecule has 1 fully saturated rings. The summed E-state index contributed by atoms with van der Waals surface area (Å²) in [4.78, 5) is 26.8. The van der Waals surface area contributed by atoms with Crippen LogP contribution in [0.4, 0.5) is 0 Å². The number of fused-ring (bicyclic) bond motifs is 1. The molecule has 2 aliphatic rings. The van der Waals surface area contributed by atoms with Crippen molar-refractivity contribution in [3.05, 3.63) is 35.4 Å². The number of amides is 2. The second kappa shape index (κ2) is 7.07. The molecule has 5 heteroatoms. The average Bonchev–Trinajstić information content (AvgIpc) is 2.60. The molecule has 1 aromatic carbocycles. The zero-order valence-corrected chi connectivity index (χ0v) is 14.2. The SMILES string of the molecule is CC(C)NC(=O)[C@H]1CCCN(C(=O)C2=Cc3ccccc3OC2)C1. The van der Waals surface area contributed by atoms with Crippen LogP contribution in [0.2, 0.25) is 0 Å². The Bertz CT molecular complexity index is 666. The number of carbonyl (C=O) groups excluding carboxylic acids is 2. The molecule has 1 saturated heterocycles. The van der Waals surface area contributed by atoms with E-state index in [2.05, 4.69) is 5.32 Å². The van der Waals surface area contributed by atoms with Crippen LogP contribution in [0.15, 0.2) is 29.8 Å². The van der Waals surface area contributed by atoms with Crippen molar-refractivity contribution in [3.8, 4) is 5.75 Å². The number of rotatable bonds is 3. The Morgan fingerprint density at radius 2 is 2.08 bits per heavy atom. The lowest BCUT2D eigenvalue weighted by atomic mass is 9.96. The van der Waals surface area contributed by atoms with E-state index in [1.165, 1.54) is 0 Å². The highest BCUT2D eigenvalue weighted by Crippen LogP contribution is 2.27. The van der Waals surface area contributed by atoms with Gasteiger partial charge in [-0.2, -0.15) is 0 Å². The summed E-state index contributed by atoms with van der Waals surface area (Å²) in [5.41, 5.74) is 1.58. The van der Waals surface area contributed by atoms with Gasteiger partial charge in [-0.3, -0.25) is 9.59 Å². The fourth-order valence-corrected chi connectivity index (χ4v) is 3.22. The number of likely N-dealkylation sites (tertiary alicyclic amines) is 1. The number of piperidine rings is 1. The first-order chi connectivity index (χ1) is 11.5. The van der Waals surface area contributed by atoms with Gasteiger partial charge >= 0.3 is 0 Å². The molecule has 5 nitrogen and oxygen atoms in total. The Morgan fingerprint density at radius 1 is 1.29 bits per heavy atom. The minimum absolute atomic E-state index is 0.0217. The molecule has 0 radical (unpaired) electrons. The maximum atomic E-state index is 12.8. The minimum Gasteiger partial charge on any atom is -0.488 e. The Morgan fingerprint density at radius 3 is 2.88 bits per heavy atom. The van der Waals surface area contributed by atoms with Crippen LogP contribution in [0.25, 0.3) is 6.08 Å². The molecule has 2 amide bonds. The zero-order chi connectivity index (χ0) is 17.1. The van der Waals surface area contributed by atoms with Crippen molar-refractivity contribution in [2.75, 3.05) is 19.7 Å². The predicted molar refractivity (Wildman–Crippen MR) is 92.5 cm³/mol. The van der Waals surface area contributed by atoms with E-state index in [0.29, 0.717) is 18.7 Å². The summed E-state index contributed by atoms with van der Waals surface area (Å²) in [5, 5.41) is 2.95. The van der Waals surface area contributed by atoms with Gasteiger partial charge in [-0.1, -0.05) is 18.2 Å². The number of nitrogens with one attached hydrogen (secondary N) is 1. The van der Waals surface area contributed by atoms with Crippen LogP contribution < -0.4 is 10.1 Å². The molecule has 2 aliphatic heterocycles. The summed E-state index contributed by atoms with van der Waals surface area (Å²) in [6.07, 6.45) is 3.59. The summed E-state index contributed by atoms with van der Waals surface area (Å²) in [7, 11) is 0. The van der Waals surface area contributed by atoms with Crippen molar-refractivity contribution in [3.63, 3.8) is 0 Å². The fraction of sp³-hybridized carbons (Fsp3) is 0.474. The second-order valence-electron chi connectivity index (χ2n) is 6.75. The van der Waals surface area contributed by atoms with Crippen molar-refractivity contribution in [1.29, 1.82) is 0 Å². The normalized spacial score (nSPS) is 20.0. The van der Waals surface area contributed by atoms with Crippen LogP contribution in [-0.4, -0.2) is 42.5 Å². The van der Waals surface area contributed by atoms with Crippen molar-refractivity contribution < 1.29 is 14.3 Å². The van der Waals surface area contributed by atoms with Gasteiger partial charge < -0.3 is 15.0 Å². The molecule has 1 N–H and O–H groups in total. The number of carbonyl (C=O) groups is 2. The van der Waals surface area contributed by atoms with E-state index in [4.69, 9.17) is 4.74 Å². The minimum atomic E-state index is -0.123. The van der Waals surface area contributed by atoms with Crippen LogP contribution >= 0.6 is 0 Å². The van der Waals surface area contributed by atoms with Crippen LogP contribution in [0, 0.1) is 5.92 Å². The summed E-state index contributed by atoms with van der Waals surface area (Å²) in [5.74, 6) is 0.706. The van der Waals surface area contributed by atoms with Gasteiger partial charge in [-0.25, -0.2) is 0 Å². The van der Waals surface area contributed by atoms with E-state index in [1.807, 2.05) is 44.2 Å². The van der Waals surface area contributed by atoms with Gasteiger partial charge in [0, 0.05) is 24.7 Å². The van der Waals surface area contributed by atoms with Gasteiger partial charge in [0.2, 0.25) is 5.91 Å². The zero-order valence-electron chi connectivity index (χ0n) is 14.2.